The molecule has 3 heterocycles. The Labute approximate surface area is 150 Å². The van der Waals surface area contributed by atoms with E-state index in [0.29, 0.717) is 17.9 Å². The molecule has 6 nitrogen and oxygen atoms in total. The van der Waals surface area contributed by atoms with Crippen molar-refractivity contribution in [2.75, 3.05) is 6.54 Å². The van der Waals surface area contributed by atoms with Gasteiger partial charge >= 0.3 is 0 Å². The summed E-state index contributed by atoms with van der Waals surface area (Å²) in [5.74, 6) is 0.183. The van der Waals surface area contributed by atoms with Crippen LogP contribution in [0.1, 0.15) is 35.8 Å². The molecule has 7 heteroatoms. The van der Waals surface area contributed by atoms with Crippen LogP contribution in [0.25, 0.3) is 11.3 Å². The first-order valence-corrected chi connectivity index (χ1v) is 8.63. The Balaban J connectivity index is 1.59. The lowest BCUT2D eigenvalue weighted by Gasteiger charge is -2.24. The second kappa shape index (κ2) is 6.74. The summed E-state index contributed by atoms with van der Waals surface area (Å²) in [6.45, 7) is 2.50. The number of aromatic nitrogens is 3. The topological polar surface area (TPSA) is 75.0 Å². The molecule has 1 unspecified atom stereocenters. The largest absolute Gasteiger partial charge is 0.356 e. The zero-order valence-electron chi connectivity index (χ0n) is 14.4. The third-order valence-corrected chi connectivity index (χ3v) is 4.77. The van der Waals surface area contributed by atoms with Crippen molar-refractivity contribution in [1.29, 1.82) is 0 Å². The van der Waals surface area contributed by atoms with E-state index in [4.69, 9.17) is 4.52 Å². The lowest BCUT2D eigenvalue weighted by Crippen LogP contribution is -2.32. The molecule has 1 aliphatic heterocycles. The molecule has 1 aromatic carbocycles. The van der Waals surface area contributed by atoms with Gasteiger partial charge in [-0.2, -0.15) is 5.10 Å². The summed E-state index contributed by atoms with van der Waals surface area (Å²) in [5, 5.41) is 11.1. The maximum absolute atomic E-state index is 13.9. The summed E-state index contributed by atoms with van der Waals surface area (Å²) < 4.78 is 19.2. The van der Waals surface area contributed by atoms with Crippen molar-refractivity contribution in [2.45, 2.75) is 32.2 Å². The van der Waals surface area contributed by atoms with Gasteiger partial charge in [0.2, 0.25) is 5.91 Å². The standard InChI is InChI=1S/C19H19FN4O2/c1-12-9-17(26-23-12)14-11-21-22-19(14)16-7-4-8-24(16)18(25)10-13-5-2-3-6-15(13)20/h2-3,5-6,9,11,16H,4,7-8,10H2,1H3,(H,21,22). The lowest BCUT2D eigenvalue weighted by atomic mass is 10.0. The molecule has 0 bridgehead atoms. The molecule has 0 aliphatic carbocycles. The summed E-state index contributed by atoms with van der Waals surface area (Å²) in [4.78, 5) is 14.6. The zero-order valence-corrected chi connectivity index (χ0v) is 14.4. The van der Waals surface area contributed by atoms with Crippen molar-refractivity contribution < 1.29 is 13.7 Å². The molecular weight excluding hydrogens is 335 g/mol. The predicted molar refractivity (Wildman–Crippen MR) is 92.6 cm³/mol. The molecule has 2 aromatic heterocycles. The van der Waals surface area contributed by atoms with Gasteiger partial charge < -0.3 is 9.42 Å². The number of carbonyl (C=O) groups excluding carboxylic acids is 1. The molecule has 1 saturated heterocycles. The molecule has 0 saturated carbocycles. The molecular formula is C19H19FN4O2. The van der Waals surface area contributed by atoms with Crippen molar-refractivity contribution in [2.24, 2.45) is 0 Å². The zero-order chi connectivity index (χ0) is 18.1. The number of nitrogens with zero attached hydrogens (tertiary/aromatic N) is 3. The van der Waals surface area contributed by atoms with E-state index < -0.39 is 0 Å². The number of rotatable bonds is 4. The van der Waals surface area contributed by atoms with Crippen LogP contribution in [0.4, 0.5) is 4.39 Å². The van der Waals surface area contributed by atoms with Gasteiger partial charge in [0.15, 0.2) is 5.76 Å². The number of likely N-dealkylation sites (tertiary alicyclic amines) is 1. The Kier molecular flexibility index (Phi) is 4.28. The van der Waals surface area contributed by atoms with Crippen LogP contribution in [0.2, 0.25) is 0 Å². The van der Waals surface area contributed by atoms with Gasteiger partial charge in [0.05, 0.1) is 35.6 Å². The first-order chi connectivity index (χ1) is 12.6. The molecule has 26 heavy (non-hydrogen) atoms. The number of nitrogens with one attached hydrogen (secondary N) is 1. The Bertz CT molecular complexity index is 933. The van der Waals surface area contributed by atoms with Gasteiger partial charge in [-0.05, 0) is 31.4 Å². The number of amides is 1. The second-order valence-electron chi connectivity index (χ2n) is 6.54. The van der Waals surface area contributed by atoms with E-state index in [1.165, 1.54) is 6.07 Å². The molecule has 1 atom stereocenters. The monoisotopic (exact) mass is 354 g/mol. The van der Waals surface area contributed by atoms with E-state index in [1.54, 1.807) is 29.3 Å². The number of halogens is 1. The Hall–Kier alpha value is -2.96. The third kappa shape index (κ3) is 3.00. The van der Waals surface area contributed by atoms with Gasteiger partial charge in [-0.25, -0.2) is 4.39 Å². The quantitative estimate of drug-likeness (QED) is 0.779. The van der Waals surface area contributed by atoms with Gasteiger partial charge in [-0.3, -0.25) is 9.89 Å². The molecule has 3 aromatic rings. The van der Waals surface area contributed by atoms with Crippen LogP contribution < -0.4 is 0 Å². The summed E-state index contributed by atoms with van der Waals surface area (Å²) in [7, 11) is 0. The molecule has 0 spiro atoms. The SMILES string of the molecule is Cc1cc(-c2cn[nH]c2C2CCCN2C(=O)Cc2ccccc2F)on1. The molecule has 1 aliphatic rings. The van der Waals surface area contributed by atoms with Crippen molar-refractivity contribution >= 4 is 5.91 Å². The molecule has 1 N–H and O–H groups in total. The minimum absolute atomic E-state index is 0.0497. The number of aryl methyl sites for hydroxylation is 1. The fourth-order valence-electron chi connectivity index (χ4n) is 3.51. The van der Waals surface area contributed by atoms with Gasteiger partial charge in [-0.15, -0.1) is 0 Å². The number of aromatic amines is 1. The van der Waals surface area contributed by atoms with E-state index in [9.17, 15) is 9.18 Å². The highest BCUT2D eigenvalue weighted by Crippen LogP contribution is 2.37. The molecule has 4 rings (SSSR count). The minimum atomic E-state index is -0.351. The first kappa shape index (κ1) is 16.5. The highest BCUT2D eigenvalue weighted by Gasteiger charge is 2.33. The van der Waals surface area contributed by atoms with Gasteiger partial charge in [0.1, 0.15) is 5.82 Å². The Morgan fingerprint density at radius 2 is 2.27 bits per heavy atom. The molecule has 134 valence electrons. The van der Waals surface area contributed by atoms with E-state index in [-0.39, 0.29) is 24.2 Å². The van der Waals surface area contributed by atoms with Crippen LogP contribution in [0, 0.1) is 12.7 Å². The van der Waals surface area contributed by atoms with Crippen LogP contribution in [-0.4, -0.2) is 32.7 Å². The maximum Gasteiger partial charge on any atom is 0.227 e. The average Bonchev–Trinajstić information content (AvgIpc) is 3.35. The third-order valence-electron chi connectivity index (χ3n) is 4.77. The number of carbonyl (C=O) groups is 1. The summed E-state index contributed by atoms with van der Waals surface area (Å²) in [6.07, 6.45) is 3.45. The fourth-order valence-corrected chi connectivity index (χ4v) is 3.51. The van der Waals surface area contributed by atoms with E-state index >= 15 is 0 Å². The highest BCUT2D eigenvalue weighted by molar-refractivity contribution is 5.80. The predicted octanol–water partition coefficient (Wildman–Crippen LogP) is 3.42. The molecule has 1 fully saturated rings. The first-order valence-electron chi connectivity index (χ1n) is 8.63. The van der Waals surface area contributed by atoms with Crippen LogP contribution >= 0.6 is 0 Å². The fraction of sp³-hybridized carbons (Fsp3) is 0.316. The van der Waals surface area contributed by atoms with Crippen molar-refractivity contribution in [1.82, 2.24) is 20.3 Å². The van der Waals surface area contributed by atoms with Gasteiger partial charge in [0.25, 0.3) is 0 Å². The van der Waals surface area contributed by atoms with Crippen LogP contribution in [0.15, 0.2) is 41.1 Å². The highest BCUT2D eigenvalue weighted by atomic mass is 19.1. The molecule has 1 amide bonds. The van der Waals surface area contributed by atoms with Crippen molar-refractivity contribution in [3.63, 3.8) is 0 Å². The number of H-pyrrole nitrogens is 1. The number of hydrogen-bond donors (Lipinski definition) is 1. The van der Waals surface area contributed by atoms with E-state index in [2.05, 4.69) is 15.4 Å². The van der Waals surface area contributed by atoms with E-state index in [0.717, 1.165) is 29.8 Å². The normalized spacial score (nSPS) is 17.0. The van der Waals surface area contributed by atoms with Crippen LogP contribution in [-0.2, 0) is 11.2 Å². The Morgan fingerprint density at radius 1 is 1.42 bits per heavy atom. The number of hydrogen-bond acceptors (Lipinski definition) is 4. The summed E-state index contributed by atoms with van der Waals surface area (Å²) >= 11 is 0. The van der Waals surface area contributed by atoms with Crippen LogP contribution in [0.5, 0.6) is 0 Å². The van der Waals surface area contributed by atoms with Gasteiger partial charge in [0, 0.05) is 12.6 Å². The van der Waals surface area contributed by atoms with Gasteiger partial charge in [-0.1, -0.05) is 23.4 Å². The number of benzene rings is 1. The van der Waals surface area contributed by atoms with Crippen molar-refractivity contribution in [3.8, 4) is 11.3 Å². The van der Waals surface area contributed by atoms with Crippen molar-refractivity contribution in [3.05, 3.63) is 59.3 Å². The lowest BCUT2D eigenvalue weighted by molar-refractivity contribution is -0.131. The summed E-state index contributed by atoms with van der Waals surface area (Å²) in [6, 6.07) is 8.11. The molecule has 0 radical (unpaired) electrons. The van der Waals surface area contributed by atoms with E-state index in [1.807, 2.05) is 13.0 Å². The van der Waals surface area contributed by atoms with Crippen LogP contribution in [0.3, 0.4) is 0 Å². The average molecular weight is 354 g/mol. The Morgan fingerprint density at radius 3 is 3.04 bits per heavy atom. The summed E-state index contributed by atoms with van der Waals surface area (Å²) in [5.41, 5.74) is 2.84. The smallest absolute Gasteiger partial charge is 0.227 e. The second-order valence-corrected chi connectivity index (χ2v) is 6.54. The maximum atomic E-state index is 13.9. The minimum Gasteiger partial charge on any atom is -0.356 e.